The maximum absolute atomic E-state index is 13.8. The van der Waals surface area contributed by atoms with Crippen LogP contribution in [0.5, 0.6) is 0 Å². The number of pyridine rings is 1. The van der Waals surface area contributed by atoms with E-state index in [1.54, 1.807) is 4.90 Å². The quantitative estimate of drug-likeness (QED) is 0.439. The van der Waals surface area contributed by atoms with Gasteiger partial charge in [0.25, 0.3) is 5.91 Å². The van der Waals surface area contributed by atoms with Gasteiger partial charge in [0, 0.05) is 24.3 Å². The number of hydrogen-bond donors (Lipinski definition) is 2. The summed E-state index contributed by atoms with van der Waals surface area (Å²) >= 11 is 1.42. The Morgan fingerprint density at radius 2 is 1.85 bits per heavy atom. The van der Waals surface area contributed by atoms with Crippen LogP contribution in [0.4, 0.5) is 16.5 Å². The predicted molar refractivity (Wildman–Crippen MR) is 135 cm³/mol. The van der Waals surface area contributed by atoms with Gasteiger partial charge in [0.2, 0.25) is 0 Å². The fourth-order valence-corrected chi connectivity index (χ4v) is 5.37. The Hall–Kier alpha value is -3.93. The van der Waals surface area contributed by atoms with Crippen molar-refractivity contribution in [1.29, 1.82) is 5.26 Å². The highest BCUT2D eigenvalue weighted by Gasteiger charge is 2.29. The van der Waals surface area contributed by atoms with Gasteiger partial charge in [-0.3, -0.25) is 4.79 Å². The van der Waals surface area contributed by atoms with E-state index in [-0.39, 0.29) is 11.7 Å². The lowest BCUT2D eigenvalue weighted by atomic mass is 10.00. The van der Waals surface area contributed by atoms with E-state index in [2.05, 4.69) is 16.4 Å². The van der Waals surface area contributed by atoms with Crippen LogP contribution in [-0.4, -0.2) is 42.1 Å². The number of ether oxygens (including phenoxy) is 1. The zero-order chi connectivity index (χ0) is 23.7. The number of nitriles is 1. The van der Waals surface area contributed by atoms with Crippen molar-refractivity contribution in [3.63, 3.8) is 0 Å². The van der Waals surface area contributed by atoms with Crippen LogP contribution in [0.25, 0.3) is 21.3 Å². The molecule has 7 nitrogen and oxygen atoms in total. The van der Waals surface area contributed by atoms with Crippen LogP contribution < -0.4 is 11.1 Å². The van der Waals surface area contributed by atoms with Crippen LogP contribution in [0.3, 0.4) is 0 Å². The summed E-state index contributed by atoms with van der Waals surface area (Å²) in [6.45, 7) is 4.03. The molecule has 3 N–H and O–H groups in total. The van der Waals surface area contributed by atoms with E-state index < -0.39 is 0 Å². The number of carbonyl (C=O) groups is 1. The summed E-state index contributed by atoms with van der Waals surface area (Å²) in [5.74, 6) is -0.00799. The number of nitrogen functional groups attached to an aromatic ring is 1. The molecule has 1 saturated heterocycles. The molecule has 0 aliphatic carbocycles. The van der Waals surface area contributed by atoms with Crippen LogP contribution in [0.15, 0.2) is 54.6 Å². The highest BCUT2D eigenvalue weighted by atomic mass is 32.1. The molecule has 2 aromatic heterocycles. The van der Waals surface area contributed by atoms with Crippen molar-refractivity contribution in [3.05, 3.63) is 71.3 Å². The molecule has 0 radical (unpaired) electrons. The summed E-state index contributed by atoms with van der Waals surface area (Å²) in [5, 5.41) is 14.1. The topological polar surface area (TPSA) is 104 Å². The number of fused-ring (bicyclic) bond motifs is 1. The number of para-hydroxylation sites is 1. The minimum Gasteiger partial charge on any atom is -0.383 e. The first kappa shape index (κ1) is 21.9. The van der Waals surface area contributed by atoms with Gasteiger partial charge in [-0.05, 0) is 24.1 Å². The van der Waals surface area contributed by atoms with Gasteiger partial charge in [-0.25, -0.2) is 4.98 Å². The number of thiophene rings is 1. The maximum atomic E-state index is 13.8. The third kappa shape index (κ3) is 3.85. The zero-order valence-corrected chi connectivity index (χ0v) is 19.5. The van der Waals surface area contributed by atoms with Crippen molar-refractivity contribution in [2.75, 3.05) is 37.4 Å². The number of aromatic nitrogens is 1. The first-order valence-corrected chi connectivity index (χ1v) is 11.8. The van der Waals surface area contributed by atoms with Crippen molar-refractivity contribution in [3.8, 4) is 17.2 Å². The number of carbonyl (C=O) groups excluding carboxylic acids is 1. The summed E-state index contributed by atoms with van der Waals surface area (Å²) in [6.07, 6.45) is 0. The van der Waals surface area contributed by atoms with Gasteiger partial charge in [0.1, 0.15) is 28.0 Å². The summed E-state index contributed by atoms with van der Waals surface area (Å²) in [4.78, 5) is 20.1. The molecule has 1 fully saturated rings. The van der Waals surface area contributed by atoms with E-state index >= 15 is 0 Å². The number of benzene rings is 2. The van der Waals surface area contributed by atoms with Crippen LogP contribution in [0.2, 0.25) is 0 Å². The highest BCUT2D eigenvalue weighted by molar-refractivity contribution is 7.24. The van der Waals surface area contributed by atoms with Crippen molar-refractivity contribution < 1.29 is 9.53 Å². The van der Waals surface area contributed by atoms with Crippen molar-refractivity contribution in [1.82, 2.24) is 9.88 Å². The average molecular weight is 470 g/mol. The standard InChI is InChI=1S/C26H23N5O2S/c1-16-7-5-6-10-19(16)29-25-21(26(32)31-11-13-33-14-12-31)22-23(34-25)20(17-8-3-2-4-9-17)18(15-27)24(28)30-22/h2-10,29H,11-14H2,1H3,(H2,28,30). The zero-order valence-electron chi connectivity index (χ0n) is 18.7. The fourth-order valence-electron chi connectivity index (χ4n) is 4.16. The molecular weight excluding hydrogens is 446 g/mol. The van der Waals surface area contributed by atoms with Gasteiger partial charge >= 0.3 is 0 Å². The van der Waals surface area contributed by atoms with E-state index in [0.29, 0.717) is 53.5 Å². The Kier molecular flexibility index (Phi) is 5.88. The Morgan fingerprint density at radius 1 is 1.15 bits per heavy atom. The summed E-state index contributed by atoms with van der Waals surface area (Å²) in [6, 6.07) is 19.8. The third-order valence-corrected chi connectivity index (χ3v) is 7.04. The van der Waals surface area contributed by atoms with Gasteiger partial charge in [-0.2, -0.15) is 5.26 Å². The van der Waals surface area contributed by atoms with Crippen molar-refractivity contribution in [2.24, 2.45) is 0 Å². The lowest BCUT2D eigenvalue weighted by Gasteiger charge is -2.27. The molecule has 1 aliphatic heterocycles. The molecule has 2 aromatic carbocycles. The largest absolute Gasteiger partial charge is 0.383 e. The summed E-state index contributed by atoms with van der Waals surface area (Å²) in [5.41, 5.74) is 11.1. The molecule has 3 heterocycles. The van der Waals surface area contributed by atoms with Crippen LogP contribution in [0.1, 0.15) is 21.5 Å². The first-order chi connectivity index (χ1) is 16.6. The Bertz CT molecular complexity index is 1420. The van der Waals surface area contributed by atoms with E-state index in [0.717, 1.165) is 21.5 Å². The average Bonchev–Trinajstić information content (AvgIpc) is 3.22. The Morgan fingerprint density at radius 3 is 2.56 bits per heavy atom. The molecule has 0 atom stereocenters. The predicted octanol–water partition coefficient (Wildman–Crippen LogP) is 4.94. The summed E-state index contributed by atoms with van der Waals surface area (Å²) < 4.78 is 6.20. The molecule has 1 aliphatic rings. The van der Waals surface area contributed by atoms with Gasteiger partial charge < -0.3 is 20.7 Å². The first-order valence-electron chi connectivity index (χ1n) is 11.0. The van der Waals surface area contributed by atoms with E-state index in [1.165, 1.54) is 11.3 Å². The van der Waals surface area contributed by atoms with E-state index in [4.69, 9.17) is 10.5 Å². The normalized spacial score (nSPS) is 13.6. The minimum absolute atomic E-state index is 0.116. The lowest BCUT2D eigenvalue weighted by Crippen LogP contribution is -2.40. The number of nitrogens with one attached hydrogen (secondary N) is 1. The van der Waals surface area contributed by atoms with Crippen molar-refractivity contribution in [2.45, 2.75) is 6.92 Å². The second-order valence-corrected chi connectivity index (χ2v) is 9.07. The second kappa shape index (κ2) is 9.14. The molecule has 0 saturated carbocycles. The molecule has 170 valence electrons. The molecule has 4 aromatic rings. The molecule has 8 heteroatoms. The molecule has 0 spiro atoms. The number of nitrogens with two attached hydrogens (primary N) is 1. The Balaban J connectivity index is 1.78. The fraction of sp³-hybridized carbons (Fsp3) is 0.192. The third-order valence-electron chi connectivity index (χ3n) is 5.93. The number of nitrogens with zero attached hydrogens (tertiary/aromatic N) is 3. The van der Waals surface area contributed by atoms with Gasteiger partial charge in [-0.1, -0.05) is 48.5 Å². The molecule has 0 bridgehead atoms. The molecular formula is C26H23N5O2S. The van der Waals surface area contributed by atoms with Gasteiger partial charge in [-0.15, -0.1) is 11.3 Å². The number of amides is 1. The number of hydrogen-bond acceptors (Lipinski definition) is 7. The molecule has 5 rings (SSSR count). The smallest absolute Gasteiger partial charge is 0.259 e. The van der Waals surface area contributed by atoms with Gasteiger partial charge in [0.15, 0.2) is 0 Å². The van der Waals surface area contributed by atoms with Crippen LogP contribution in [0, 0.1) is 18.3 Å². The molecule has 1 amide bonds. The number of anilines is 3. The highest BCUT2D eigenvalue weighted by Crippen LogP contribution is 2.45. The molecule has 34 heavy (non-hydrogen) atoms. The van der Waals surface area contributed by atoms with E-state index in [9.17, 15) is 10.1 Å². The lowest BCUT2D eigenvalue weighted by molar-refractivity contribution is 0.0305. The van der Waals surface area contributed by atoms with Gasteiger partial charge in [0.05, 0.1) is 23.4 Å². The van der Waals surface area contributed by atoms with Crippen molar-refractivity contribution >= 4 is 44.0 Å². The monoisotopic (exact) mass is 469 g/mol. The summed E-state index contributed by atoms with van der Waals surface area (Å²) in [7, 11) is 0. The second-order valence-electron chi connectivity index (χ2n) is 8.05. The van der Waals surface area contributed by atoms with Crippen LogP contribution >= 0.6 is 11.3 Å². The van der Waals surface area contributed by atoms with Crippen LogP contribution in [-0.2, 0) is 4.74 Å². The van der Waals surface area contributed by atoms with E-state index in [1.807, 2.05) is 61.5 Å². The number of aryl methyl sites for hydroxylation is 1. The molecule has 0 unspecified atom stereocenters. The number of morpholine rings is 1. The Labute approximate surface area is 201 Å². The minimum atomic E-state index is -0.124. The number of rotatable bonds is 4. The SMILES string of the molecule is Cc1ccccc1Nc1sc2c(-c3ccccc3)c(C#N)c(N)nc2c1C(=O)N1CCOCC1. The maximum Gasteiger partial charge on any atom is 0.259 e.